The largest absolute Gasteiger partial charge is 0.493 e. The Hall–Kier alpha value is -1.18. The third kappa shape index (κ3) is 6.41. The molecule has 0 aliphatic rings. The Balaban J connectivity index is 2.45. The number of hydrogen-bond acceptors (Lipinski definition) is 4. The van der Waals surface area contributed by atoms with Gasteiger partial charge in [-0.3, -0.25) is 0 Å². The maximum absolute atomic E-state index is 11.9. The minimum atomic E-state index is -4.31. The van der Waals surface area contributed by atoms with E-state index < -0.39 is 12.8 Å². The average molecular weight is 328 g/mol. The molecule has 0 amide bonds. The van der Waals surface area contributed by atoms with Crippen LogP contribution >= 0.6 is 11.6 Å². The molecule has 1 aromatic rings. The molecule has 1 aromatic carbocycles. The Labute approximate surface area is 125 Å². The molecule has 0 radical (unpaired) electrons. The van der Waals surface area contributed by atoms with Gasteiger partial charge in [0.1, 0.15) is 6.61 Å². The lowest BCUT2D eigenvalue weighted by molar-refractivity contribution is -0.174. The van der Waals surface area contributed by atoms with Gasteiger partial charge in [-0.05, 0) is 17.7 Å². The van der Waals surface area contributed by atoms with Gasteiger partial charge >= 0.3 is 6.18 Å². The van der Waals surface area contributed by atoms with Crippen molar-refractivity contribution in [1.82, 2.24) is 0 Å². The smallest absolute Gasteiger partial charge is 0.411 e. The van der Waals surface area contributed by atoms with E-state index in [1.807, 2.05) is 0 Å². The van der Waals surface area contributed by atoms with Gasteiger partial charge in [-0.1, -0.05) is 11.6 Å². The molecule has 0 bridgehead atoms. The number of rotatable bonds is 8. The number of halogens is 4. The summed E-state index contributed by atoms with van der Waals surface area (Å²) in [5, 5.41) is 0.339. The van der Waals surface area contributed by atoms with Crippen molar-refractivity contribution in [2.75, 3.05) is 26.9 Å². The molecule has 0 aliphatic carbocycles. The first-order valence-electron chi connectivity index (χ1n) is 6.21. The zero-order valence-corrected chi connectivity index (χ0v) is 12.3. The van der Waals surface area contributed by atoms with Crippen LogP contribution in [0, 0.1) is 0 Å². The van der Waals surface area contributed by atoms with E-state index in [-0.39, 0.29) is 13.2 Å². The first-order chi connectivity index (χ1) is 9.87. The highest BCUT2D eigenvalue weighted by atomic mass is 35.5. The molecular weight excluding hydrogens is 311 g/mol. The normalized spacial score (nSPS) is 11.5. The van der Waals surface area contributed by atoms with Crippen molar-refractivity contribution < 1.29 is 27.4 Å². The third-order valence-electron chi connectivity index (χ3n) is 2.47. The predicted octanol–water partition coefficient (Wildman–Crippen LogP) is 3.16. The number of methoxy groups -OCH3 is 1. The van der Waals surface area contributed by atoms with Crippen LogP contribution in [0.5, 0.6) is 11.5 Å². The number of ether oxygens (including phenoxy) is 3. The predicted molar refractivity (Wildman–Crippen MR) is 72.9 cm³/mol. The molecular formula is C13H17ClF3NO3. The summed E-state index contributed by atoms with van der Waals surface area (Å²) >= 11 is 6.05. The van der Waals surface area contributed by atoms with E-state index in [4.69, 9.17) is 26.8 Å². The zero-order chi connectivity index (χ0) is 15.9. The van der Waals surface area contributed by atoms with Gasteiger partial charge in [-0.2, -0.15) is 13.2 Å². The zero-order valence-electron chi connectivity index (χ0n) is 11.5. The summed E-state index contributed by atoms with van der Waals surface area (Å²) in [6.45, 7) is -0.847. The fraction of sp³-hybridized carbons (Fsp3) is 0.538. The van der Waals surface area contributed by atoms with Crippen LogP contribution in [0.1, 0.15) is 12.0 Å². The van der Waals surface area contributed by atoms with Crippen LogP contribution in [-0.4, -0.2) is 33.1 Å². The Kier molecular flexibility index (Phi) is 7.07. The molecule has 0 saturated heterocycles. The second kappa shape index (κ2) is 8.31. The van der Waals surface area contributed by atoms with Gasteiger partial charge in [0.15, 0.2) is 11.5 Å². The number of nitrogens with two attached hydrogens (primary N) is 1. The first-order valence-corrected chi connectivity index (χ1v) is 6.59. The lowest BCUT2D eigenvalue weighted by Gasteiger charge is -2.14. The highest BCUT2D eigenvalue weighted by Crippen LogP contribution is 2.36. The standard InChI is InChI=1S/C13H17ClF3NO3/c1-19-11-6-9(7-18)5-10(14)12(11)21-4-2-3-20-8-13(15,16)17/h5-6H,2-4,7-8,18H2,1H3. The van der Waals surface area contributed by atoms with E-state index in [2.05, 4.69) is 4.74 Å². The van der Waals surface area contributed by atoms with E-state index in [0.717, 1.165) is 5.56 Å². The molecule has 0 heterocycles. The van der Waals surface area contributed by atoms with Gasteiger partial charge in [0, 0.05) is 13.0 Å². The maximum atomic E-state index is 11.9. The molecule has 0 saturated carbocycles. The van der Waals surface area contributed by atoms with E-state index in [1.165, 1.54) is 7.11 Å². The molecule has 0 atom stereocenters. The van der Waals surface area contributed by atoms with Crippen LogP contribution in [0.25, 0.3) is 0 Å². The number of benzene rings is 1. The molecule has 21 heavy (non-hydrogen) atoms. The van der Waals surface area contributed by atoms with Crippen LogP contribution in [0.3, 0.4) is 0 Å². The van der Waals surface area contributed by atoms with Crippen LogP contribution in [-0.2, 0) is 11.3 Å². The Bertz CT molecular complexity index is 455. The highest BCUT2D eigenvalue weighted by molar-refractivity contribution is 6.32. The summed E-state index contributed by atoms with van der Waals surface area (Å²) in [6, 6.07) is 3.35. The van der Waals surface area contributed by atoms with Crippen molar-refractivity contribution in [1.29, 1.82) is 0 Å². The fourth-order valence-electron chi connectivity index (χ4n) is 1.55. The van der Waals surface area contributed by atoms with Crippen molar-refractivity contribution >= 4 is 11.6 Å². The van der Waals surface area contributed by atoms with Crippen LogP contribution in [0.15, 0.2) is 12.1 Å². The molecule has 0 fully saturated rings. The summed E-state index contributed by atoms with van der Waals surface area (Å²) in [5.41, 5.74) is 6.31. The monoisotopic (exact) mass is 327 g/mol. The van der Waals surface area contributed by atoms with Gasteiger partial charge in [-0.25, -0.2) is 0 Å². The molecule has 2 N–H and O–H groups in total. The minimum absolute atomic E-state index is 0.0552. The molecule has 1 rings (SSSR count). The minimum Gasteiger partial charge on any atom is -0.493 e. The van der Waals surface area contributed by atoms with Crippen molar-refractivity contribution in [2.24, 2.45) is 5.73 Å². The summed E-state index contributed by atoms with van der Waals surface area (Å²) < 4.78 is 50.6. The van der Waals surface area contributed by atoms with Crippen LogP contribution in [0.2, 0.25) is 5.02 Å². The molecule has 0 unspecified atom stereocenters. The summed E-state index contributed by atoms with van der Waals surface area (Å²) in [5.74, 6) is 0.770. The Morgan fingerprint density at radius 3 is 2.52 bits per heavy atom. The highest BCUT2D eigenvalue weighted by Gasteiger charge is 2.27. The summed E-state index contributed by atoms with van der Waals surface area (Å²) in [7, 11) is 1.46. The average Bonchev–Trinajstić information content (AvgIpc) is 2.42. The topological polar surface area (TPSA) is 53.7 Å². The number of hydrogen-bond donors (Lipinski definition) is 1. The van der Waals surface area contributed by atoms with Gasteiger partial charge in [0.2, 0.25) is 0 Å². The van der Waals surface area contributed by atoms with E-state index in [0.29, 0.717) is 29.5 Å². The van der Waals surface area contributed by atoms with Crippen molar-refractivity contribution in [3.05, 3.63) is 22.7 Å². The molecule has 4 nitrogen and oxygen atoms in total. The molecule has 0 aliphatic heterocycles. The van der Waals surface area contributed by atoms with Gasteiger partial charge in [0.25, 0.3) is 0 Å². The quantitative estimate of drug-likeness (QED) is 0.745. The lowest BCUT2D eigenvalue weighted by Crippen LogP contribution is -2.18. The van der Waals surface area contributed by atoms with Crippen molar-refractivity contribution in [3.8, 4) is 11.5 Å². The maximum Gasteiger partial charge on any atom is 0.411 e. The summed E-state index contributed by atoms with van der Waals surface area (Å²) in [6.07, 6.45) is -4.01. The molecule has 0 aromatic heterocycles. The van der Waals surface area contributed by atoms with Crippen LogP contribution in [0.4, 0.5) is 13.2 Å². The van der Waals surface area contributed by atoms with E-state index in [1.54, 1.807) is 12.1 Å². The second-order valence-corrected chi connectivity index (χ2v) is 4.59. The summed E-state index contributed by atoms with van der Waals surface area (Å²) in [4.78, 5) is 0. The van der Waals surface area contributed by atoms with Crippen molar-refractivity contribution in [3.63, 3.8) is 0 Å². The third-order valence-corrected chi connectivity index (χ3v) is 2.75. The Morgan fingerprint density at radius 2 is 1.95 bits per heavy atom. The molecule has 8 heteroatoms. The Morgan fingerprint density at radius 1 is 1.24 bits per heavy atom. The number of alkyl halides is 3. The molecule has 120 valence electrons. The second-order valence-electron chi connectivity index (χ2n) is 4.18. The lowest BCUT2D eigenvalue weighted by atomic mass is 10.2. The van der Waals surface area contributed by atoms with Crippen molar-refractivity contribution in [2.45, 2.75) is 19.1 Å². The fourth-order valence-corrected chi connectivity index (χ4v) is 1.84. The van der Waals surface area contributed by atoms with Gasteiger partial charge in [0.05, 0.1) is 25.3 Å². The first kappa shape index (κ1) is 17.9. The SMILES string of the molecule is COc1cc(CN)cc(Cl)c1OCCCOCC(F)(F)F. The van der Waals surface area contributed by atoms with Gasteiger partial charge in [-0.15, -0.1) is 0 Å². The van der Waals surface area contributed by atoms with E-state index in [9.17, 15) is 13.2 Å². The van der Waals surface area contributed by atoms with E-state index >= 15 is 0 Å². The van der Waals surface area contributed by atoms with Gasteiger partial charge < -0.3 is 19.9 Å². The van der Waals surface area contributed by atoms with Crippen LogP contribution < -0.4 is 15.2 Å². The molecule has 0 spiro atoms.